The van der Waals surface area contributed by atoms with E-state index in [0.717, 1.165) is 5.56 Å². The smallest absolute Gasteiger partial charge is 0.177 e. The summed E-state index contributed by atoms with van der Waals surface area (Å²) in [5.41, 5.74) is 1.11. The van der Waals surface area contributed by atoms with E-state index in [9.17, 15) is 5.11 Å². The van der Waals surface area contributed by atoms with Crippen LogP contribution in [0.1, 0.15) is 12.5 Å². The van der Waals surface area contributed by atoms with Crippen LogP contribution in [0.5, 0.6) is 0 Å². The highest BCUT2D eigenvalue weighted by Gasteiger charge is 2.21. The molecule has 1 aromatic carbocycles. The molecule has 0 bridgehead atoms. The van der Waals surface area contributed by atoms with Crippen molar-refractivity contribution in [3.8, 4) is 0 Å². The van der Waals surface area contributed by atoms with Crippen LogP contribution in [0.15, 0.2) is 42.5 Å². The summed E-state index contributed by atoms with van der Waals surface area (Å²) in [4.78, 5) is 0. The number of rotatable bonds is 3. The number of hydrogen-bond donors (Lipinski definition) is 1. The molecule has 2 rings (SSSR count). The van der Waals surface area contributed by atoms with E-state index in [4.69, 9.17) is 9.47 Å². The van der Waals surface area contributed by atoms with Gasteiger partial charge in [-0.3, -0.25) is 0 Å². The minimum atomic E-state index is -0.531. The SMILES string of the molecule is C[C@H]1O[C@@H](OCc2ccccc2)C=CC1O. The second-order valence-corrected chi connectivity index (χ2v) is 3.88. The van der Waals surface area contributed by atoms with Crippen LogP contribution in [-0.2, 0) is 16.1 Å². The van der Waals surface area contributed by atoms with E-state index >= 15 is 0 Å². The molecule has 3 nitrogen and oxygen atoms in total. The minimum absolute atomic E-state index is 0.217. The van der Waals surface area contributed by atoms with Gasteiger partial charge in [0.25, 0.3) is 0 Å². The Hall–Kier alpha value is -1.16. The van der Waals surface area contributed by atoms with Crippen molar-refractivity contribution in [2.45, 2.75) is 32.0 Å². The van der Waals surface area contributed by atoms with Crippen LogP contribution in [0.25, 0.3) is 0 Å². The quantitative estimate of drug-likeness (QED) is 0.790. The molecule has 86 valence electrons. The molecule has 0 fully saturated rings. The van der Waals surface area contributed by atoms with Gasteiger partial charge in [-0.1, -0.05) is 36.4 Å². The zero-order valence-corrected chi connectivity index (χ0v) is 9.24. The standard InChI is InChI=1S/C13H16O3/c1-10-12(14)7-8-13(16-10)15-9-11-5-3-2-4-6-11/h2-8,10,12-14H,9H2,1H3/t10-,12?,13-/m1/s1. The molecular formula is C13H16O3. The number of aliphatic hydroxyl groups excluding tert-OH is 1. The van der Waals surface area contributed by atoms with E-state index in [1.807, 2.05) is 37.3 Å². The van der Waals surface area contributed by atoms with Crippen molar-refractivity contribution in [1.82, 2.24) is 0 Å². The second-order valence-electron chi connectivity index (χ2n) is 3.88. The normalized spacial score (nSPS) is 29.2. The highest BCUT2D eigenvalue weighted by Crippen LogP contribution is 2.15. The topological polar surface area (TPSA) is 38.7 Å². The van der Waals surface area contributed by atoms with Gasteiger partial charge in [0, 0.05) is 0 Å². The zero-order valence-electron chi connectivity index (χ0n) is 9.24. The first-order valence-electron chi connectivity index (χ1n) is 5.43. The van der Waals surface area contributed by atoms with Crippen molar-refractivity contribution in [2.24, 2.45) is 0 Å². The minimum Gasteiger partial charge on any atom is -0.386 e. The first-order valence-corrected chi connectivity index (χ1v) is 5.43. The van der Waals surface area contributed by atoms with Gasteiger partial charge in [0.2, 0.25) is 0 Å². The predicted molar refractivity (Wildman–Crippen MR) is 60.7 cm³/mol. The number of ether oxygens (including phenoxy) is 2. The molecule has 1 aromatic rings. The molecule has 1 unspecified atom stereocenters. The van der Waals surface area contributed by atoms with E-state index in [2.05, 4.69) is 0 Å². The second kappa shape index (κ2) is 5.25. The van der Waals surface area contributed by atoms with Crippen LogP contribution in [-0.4, -0.2) is 23.6 Å². The molecule has 1 N–H and O–H groups in total. The third-order valence-electron chi connectivity index (χ3n) is 2.55. The lowest BCUT2D eigenvalue weighted by Crippen LogP contribution is -2.33. The molecule has 3 heteroatoms. The van der Waals surface area contributed by atoms with Gasteiger partial charge in [0.15, 0.2) is 6.29 Å². The summed E-state index contributed by atoms with van der Waals surface area (Å²) in [6.07, 6.45) is 2.35. The highest BCUT2D eigenvalue weighted by molar-refractivity contribution is 5.13. The Morgan fingerprint density at radius 1 is 1.25 bits per heavy atom. The van der Waals surface area contributed by atoms with Gasteiger partial charge >= 0.3 is 0 Å². The summed E-state index contributed by atoms with van der Waals surface area (Å²) in [6.45, 7) is 2.34. The molecule has 1 heterocycles. The lowest BCUT2D eigenvalue weighted by atomic mass is 10.2. The highest BCUT2D eigenvalue weighted by atomic mass is 16.7. The fourth-order valence-electron chi connectivity index (χ4n) is 1.55. The van der Waals surface area contributed by atoms with Gasteiger partial charge in [-0.25, -0.2) is 0 Å². The Labute approximate surface area is 95.3 Å². The van der Waals surface area contributed by atoms with Crippen molar-refractivity contribution in [3.05, 3.63) is 48.0 Å². The molecule has 3 atom stereocenters. The largest absolute Gasteiger partial charge is 0.386 e. The van der Waals surface area contributed by atoms with Crippen LogP contribution in [0, 0.1) is 0 Å². The molecule has 1 aliphatic heterocycles. The van der Waals surface area contributed by atoms with Gasteiger partial charge < -0.3 is 14.6 Å². The van der Waals surface area contributed by atoms with Crippen LogP contribution in [0.2, 0.25) is 0 Å². The third-order valence-corrected chi connectivity index (χ3v) is 2.55. The van der Waals surface area contributed by atoms with Gasteiger partial charge in [0.05, 0.1) is 18.8 Å². The zero-order chi connectivity index (χ0) is 11.4. The predicted octanol–water partition coefficient (Wildman–Crippen LogP) is 1.87. The Morgan fingerprint density at radius 2 is 2.00 bits per heavy atom. The molecule has 0 spiro atoms. The van der Waals surface area contributed by atoms with Crippen molar-refractivity contribution in [1.29, 1.82) is 0 Å². The van der Waals surface area contributed by atoms with Crippen molar-refractivity contribution in [3.63, 3.8) is 0 Å². The monoisotopic (exact) mass is 220 g/mol. The van der Waals surface area contributed by atoms with Gasteiger partial charge in [-0.2, -0.15) is 0 Å². The molecule has 0 radical (unpaired) electrons. The van der Waals surface area contributed by atoms with Crippen LogP contribution in [0.3, 0.4) is 0 Å². The third kappa shape index (κ3) is 2.92. The lowest BCUT2D eigenvalue weighted by Gasteiger charge is -2.26. The van der Waals surface area contributed by atoms with Gasteiger partial charge in [0.1, 0.15) is 0 Å². The van der Waals surface area contributed by atoms with Crippen molar-refractivity contribution in [2.75, 3.05) is 0 Å². The Kier molecular flexibility index (Phi) is 3.72. The average molecular weight is 220 g/mol. The Balaban J connectivity index is 1.85. The van der Waals surface area contributed by atoms with E-state index in [1.54, 1.807) is 12.2 Å². The van der Waals surface area contributed by atoms with E-state index < -0.39 is 6.10 Å². The lowest BCUT2D eigenvalue weighted by molar-refractivity contribution is -0.170. The molecule has 0 saturated carbocycles. The molecule has 0 aliphatic carbocycles. The molecular weight excluding hydrogens is 204 g/mol. The molecule has 0 amide bonds. The average Bonchev–Trinajstić information content (AvgIpc) is 2.32. The van der Waals surface area contributed by atoms with Crippen LogP contribution in [0.4, 0.5) is 0 Å². The summed E-state index contributed by atoms with van der Waals surface area (Å²) in [6, 6.07) is 9.93. The van der Waals surface area contributed by atoms with E-state index in [0.29, 0.717) is 6.61 Å². The number of benzene rings is 1. The molecule has 0 saturated heterocycles. The van der Waals surface area contributed by atoms with Crippen molar-refractivity contribution < 1.29 is 14.6 Å². The summed E-state index contributed by atoms with van der Waals surface area (Å²) in [5.74, 6) is 0. The maximum absolute atomic E-state index is 9.41. The summed E-state index contributed by atoms with van der Waals surface area (Å²) in [7, 11) is 0. The first-order chi connectivity index (χ1) is 7.75. The van der Waals surface area contributed by atoms with E-state index in [-0.39, 0.29) is 12.4 Å². The fraction of sp³-hybridized carbons (Fsp3) is 0.385. The molecule has 0 aromatic heterocycles. The summed E-state index contributed by atoms with van der Waals surface area (Å²) >= 11 is 0. The molecule has 16 heavy (non-hydrogen) atoms. The van der Waals surface area contributed by atoms with Crippen molar-refractivity contribution >= 4 is 0 Å². The first kappa shape index (κ1) is 11.3. The maximum Gasteiger partial charge on any atom is 0.177 e. The fourth-order valence-corrected chi connectivity index (χ4v) is 1.55. The number of aliphatic hydroxyl groups is 1. The van der Waals surface area contributed by atoms with Gasteiger partial charge in [-0.05, 0) is 18.6 Å². The van der Waals surface area contributed by atoms with Gasteiger partial charge in [-0.15, -0.1) is 0 Å². The Bertz CT molecular complexity index is 347. The number of hydrogen-bond acceptors (Lipinski definition) is 3. The van der Waals surface area contributed by atoms with Crippen LogP contribution >= 0.6 is 0 Å². The summed E-state index contributed by atoms with van der Waals surface area (Å²) < 4.78 is 11.0. The van der Waals surface area contributed by atoms with Crippen LogP contribution < -0.4 is 0 Å². The summed E-state index contributed by atoms with van der Waals surface area (Å²) in [5, 5.41) is 9.41. The molecule has 1 aliphatic rings. The maximum atomic E-state index is 9.41. The Morgan fingerprint density at radius 3 is 2.69 bits per heavy atom. The van der Waals surface area contributed by atoms with E-state index in [1.165, 1.54) is 0 Å².